The Bertz CT molecular complexity index is 1660. The van der Waals surface area contributed by atoms with Crippen molar-refractivity contribution in [1.29, 1.82) is 0 Å². The summed E-state index contributed by atoms with van der Waals surface area (Å²) in [7, 11) is 0. The highest BCUT2D eigenvalue weighted by molar-refractivity contribution is 6.00. The Morgan fingerprint density at radius 3 is 2.20 bits per heavy atom. The minimum absolute atomic E-state index is 0.0663. The average Bonchev–Trinajstić information content (AvgIpc) is 3.38. The molecule has 0 radical (unpaired) electrons. The Morgan fingerprint density at radius 2 is 1.58 bits per heavy atom. The van der Waals surface area contributed by atoms with Gasteiger partial charge < -0.3 is 19.7 Å². The van der Waals surface area contributed by atoms with Gasteiger partial charge in [-0.15, -0.1) is 0 Å². The monoisotopic (exact) mass is 634 g/mol. The zero-order valence-electron chi connectivity index (χ0n) is 23.9. The maximum absolute atomic E-state index is 12.9. The Hall–Kier alpha value is -4.59. The Labute approximate surface area is 253 Å². The van der Waals surface area contributed by atoms with E-state index in [1.165, 1.54) is 12.1 Å². The fraction of sp³-hybridized carbons (Fsp3) is 0.323. The summed E-state index contributed by atoms with van der Waals surface area (Å²) < 4.78 is 86.7. The average molecular weight is 635 g/mol. The molecule has 1 aliphatic heterocycles. The van der Waals surface area contributed by atoms with Crippen LogP contribution in [-0.4, -0.2) is 65.5 Å². The van der Waals surface area contributed by atoms with E-state index in [1.807, 2.05) is 6.20 Å². The van der Waals surface area contributed by atoms with E-state index in [0.717, 1.165) is 17.5 Å². The maximum Gasteiger partial charge on any atom is 0.416 e. The van der Waals surface area contributed by atoms with Crippen LogP contribution in [-0.2, 0) is 17.5 Å². The van der Waals surface area contributed by atoms with Crippen LogP contribution in [0.3, 0.4) is 0 Å². The van der Waals surface area contributed by atoms with Crippen molar-refractivity contribution in [3.8, 4) is 11.5 Å². The minimum atomic E-state index is -4.43. The van der Waals surface area contributed by atoms with E-state index in [2.05, 4.69) is 15.2 Å². The number of benzene rings is 3. The number of nitrogens with one attached hydrogen (secondary N) is 1. The van der Waals surface area contributed by atoms with Gasteiger partial charge in [0.15, 0.2) is 0 Å². The predicted octanol–water partition coefficient (Wildman–Crippen LogP) is 6.24. The summed E-state index contributed by atoms with van der Waals surface area (Å²) in [6.07, 6.45) is -7.03. The van der Waals surface area contributed by atoms with E-state index in [-0.39, 0.29) is 30.7 Å². The van der Waals surface area contributed by atoms with Crippen molar-refractivity contribution in [2.45, 2.75) is 25.8 Å². The molecule has 2 amide bonds. The van der Waals surface area contributed by atoms with Crippen molar-refractivity contribution >= 4 is 22.7 Å². The number of carbonyl (C=O) groups is 2. The molecule has 0 saturated carbocycles. The minimum Gasteiger partial charge on any atom is -0.457 e. The molecule has 1 N–H and O–H groups in total. The quantitative estimate of drug-likeness (QED) is 0.165. The van der Waals surface area contributed by atoms with Crippen molar-refractivity contribution < 1.29 is 45.4 Å². The normalized spacial score (nSPS) is 14.0. The van der Waals surface area contributed by atoms with Gasteiger partial charge in [0.25, 0.3) is 11.8 Å². The zero-order valence-corrected chi connectivity index (χ0v) is 23.9. The highest BCUT2D eigenvalue weighted by Gasteiger charge is 2.32. The van der Waals surface area contributed by atoms with Gasteiger partial charge in [0, 0.05) is 54.8 Å². The summed E-state index contributed by atoms with van der Waals surface area (Å²) >= 11 is 0. The number of nitrogens with zero attached hydrogens (tertiary/aromatic N) is 3. The number of aromatic nitrogens is 2. The second-order valence-corrected chi connectivity index (χ2v) is 10.7. The summed E-state index contributed by atoms with van der Waals surface area (Å²) in [4.78, 5) is 27.2. The van der Waals surface area contributed by atoms with Crippen LogP contribution in [0.2, 0.25) is 0 Å². The van der Waals surface area contributed by atoms with E-state index in [1.54, 1.807) is 52.9 Å². The lowest BCUT2D eigenvalue weighted by molar-refractivity contribution is -0.173. The van der Waals surface area contributed by atoms with Gasteiger partial charge in [0.2, 0.25) is 0 Å². The molecule has 0 spiro atoms. The largest absolute Gasteiger partial charge is 0.457 e. The van der Waals surface area contributed by atoms with Gasteiger partial charge in [-0.2, -0.15) is 31.4 Å². The molecular weight excluding hydrogens is 606 g/mol. The molecule has 0 atom stereocenters. The number of amides is 2. The Balaban J connectivity index is 1.11. The second kappa shape index (κ2) is 12.8. The lowest BCUT2D eigenvalue weighted by atomic mass is 9.99. The number of carbonyl (C=O) groups excluding carboxylic acids is 2. The van der Waals surface area contributed by atoms with Crippen LogP contribution in [0.1, 0.15) is 31.8 Å². The Morgan fingerprint density at radius 1 is 0.933 bits per heavy atom. The lowest BCUT2D eigenvalue weighted by Crippen LogP contribution is -2.51. The van der Waals surface area contributed by atoms with Gasteiger partial charge in [-0.05, 0) is 73.2 Å². The highest BCUT2D eigenvalue weighted by atomic mass is 19.4. The van der Waals surface area contributed by atoms with Crippen LogP contribution in [0, 0.1) is 12.8 Å². The van der Waals surface area contributed by atoms with Crippen LogP contribution < -0.4 is 10.1 Å². The summed E-state index contributed by atoms with van der Waals surface area (Å²) in [5.74, 6) is 0.190. The fourth-order valence-electron chi connectivity index (χ4n) is 4.95. The summed E-state index contributed by atoms with van der Waals surface area (Å²) in [6.45, 7) is 1.65. The van der Waals surface area contributed by atoms with E-state index in [9.17, 15) is 35.9 Å². The SMILES string of the molecule is Cc1c(C(=O)NCCOCC(F)(F)F)ccc2nn(CC3CN(C(=O)c4ccc(Oc5ccc(C(F)(F)F)cc5)cc4)C3)cc12. The zero-order chi connectivity index (χ0) is 32.4. The first kappa shape index (κ1) is 31.8. The third-order valence-electron chi connectivity index (χ3n) is 7.26. The van der Waals surface area contributed by atoms with Gasteiger partial charge in [-0.25, -0.2) is 0 Å². The molecule has 1 saturated heterocycles. The van der Waals surface area contributed by atoms with Crippen molar-refractivity contribution in [2.24, 2.45) is 5.92 Å². The number of ether oxygens (including phenoxy) is 2. The third-order valence-corrected chi connectivity index (χ3v) is 7.26. The van der Waals surface area contributed by atoms with E-state index in [4.69, 9.17) is 4.74 Å². The van der Waals surface area contributed by atoms with Gasteiger partial charge in [0.05, 0.1) is 17.7 Å². The maximum atomic E-state index is 12.9. The number of hydrogen-bond donors (Lipinski definition) is 1. The number of aryl methyl sites for hydroxylation is 1. The van der Waals surface area contributed by atoms with Crippen LogP contribution in [0.4, 0.5) is 26.3 Å². The van der Waals surface area contributed by atoms with Gasteiger partial charge in [-0.1, -0.05) is 0 Å². The number of fused-ring (bicyclic) bond motifs is 1. The van der Waals surface area contributed by atoms with Gasteiger partial charge in [0.1, 0.15) is 18.1 Å². The number of halogens is 6. The summed E-state index contributed by atoms with van der Waals surface area (Å²) in [5, 5.41) is 7.91. The van der Waals surface area contributed by atoms with Crippen LogP contribution in [0.15, 0.2) is 66.9 Å². The van der Waals surface area contributed by atoms with Crippen LogP contribution in [0.25, 0.3) is 10.9 Å². The molecule has 3 aromatic carbocycles. The smallest absolute Gasteiger partial charge is 0.416 e. The number of hydrogen-bond acceptors (Lipinski definition) is 5. The van der Waals surface area contributed by atoms with Gasteiger partial charge in [-0.3, -0.25) is 14.3 Å². The Kier molecular flexibility index (Phi) is 9.05. The van der Waals surface area contributed by atoms with Crippen molar-refractivity contribution in [1.82, 2.24) is 20.0 Å². The van der Waals surface area contributed by atoms with Crippen LogP contribution in [0.5, 0.6) is 11.5 Å². The van der Waals surface area contributed by atoms with Crippen molar-refractivity contribution in [3.05, 3.63) is 89.1 Å². The molecule has 5 rings (SSSR count). The molecule has 1 aromatic heterocycles. The topological polar surface area (TPSA) is 85.7 Å². The molecule has 45 heavy (non-hydrogen) atoms. The first-order valence-electron chi connectivity index (χ1n) is 13.9. The molecule has 0 unspecified atom stereocenters. The summed E-state index contributed by atoms with van der Waals surface area (Å²) in [5.41, 5.74) is 1.43. The molecule has 0 aliphatic carbocycles. The summed E-state index contributed by atoms with van der Waals surface area (Å²) in [6, 6.07) is 14.0. The molecule has 14 heteroatoms. The predicted molar refractivity (Wildman–Crippen MR) is 151 cm³/mol. The first-order valence-corrected chi connectivity index (χ1v) is 13.9. The molecule has 8 nitrogen and oxygen atoms in total. The molecule has 238 valence electrons. The van der Waals surface area contributed by atoms with Crippen LogP contribution >= 0.6 is 0 Å². The number of rotatable bonds is 10. The van der Waals surface area contributed by atoms with E-state index >= 15 is 0 Å². The molecule has 1 fully saturated rings. The third kappa shape index (κ3) is 7.93. The standard InChI is InChI=1S/C31H28F6N4O4/c1-19-25(28(42)38-12-13-44-18-30(32,33)34)10-11-27-26(19)17-41(39-27)16-20-14-40(15-20)29(43)21-2-6-23(7-3-21)45-24-8-4-22(5-9-24)31(35,36)37/h2-11,17,20H,12-16,18H2,1H3,(H,38,42). The molecule has 2 heterocycles. The van der Waals surface area contributed by atoms with Crippen molar-refractivity contribution in [3.63, 3.8) is 0 Å². The fourth-order valence-corrected chi connectivity index (χ4v) is 4.95. The highest BCUT2D eigenvalue weighted by Crippen LogP contribution is 2.32. The molecule has 0 bridgehead atoms. The number of alkyl halides is 6. The second-order valence-electron chi connectivity index (χ2n) is 10.7. The number of likely N-dealkylation sites (tertiary alicyclic amines) is 1. The first-order chi connectivity index (χ1) is 21.3. The molecule has 4 aromatic rings. The van der Waals surface area contributed by atoms with Crippen molar-refractivity contribution in [2.75, 3.05) is 32.8 Å². The molecular formula is C31H28F6N4O4. The lowest BCUT2D eigenvalue weighted by Gasteiger charge is -2.39. The van der Waals surface area contributed by atoms with E-state index in [0.29, 0.717) is 47.6 Å². The van der Waals surface area contributed by atoms with E-state index < -0.39 is 30.4 Å². The molecule has 1 aliphatic rings. The van der Waals surface area contributed by atoms with Gasteiger partial charge >= 0.3 is 12.4 Å².